The Kier molecular flexibility index (Phi) is 10.7. The third kappa shape index (κ3) is 7.51. The molecule has 6 bridgehead atoms. The summed E-state index contributed by atoms with van der Waals surface area (Å²) < 4.78 is 0. The SMILES string of the molecule is CC1C(O)CC([NH+]2CC=NC2)C2CC3(O)C(C=CC4CCC56CCCC5C=CC(C6)C(O)(CC(=O)[O-])CNC5(C)CC(N)NC(Cc6cccc(c6)CC43)C5)CN12. The zero-order chi connectivity index (χ0) is 39.7. The lowest BCUT2D eigenvalue weighted by Gasteiger charge is -2.59. The van der Waals surface area contributed by atoms with Crippen molar-refractivity contribution in [2.45, 2.75) is 150 Å². The van der Waals surface area contributed by atoms with E-state index in [1.807, 2.05) is 6.21 Å². The number of fused-ring (bicyclic) bond motifs is 9. The topological polar surface area (TPSA) is 171 Å². The number of β-amino-alcohol motifs (C(OH)–C–C–N with tert-alkyl or cyclic N) is 1. The van der Waals surface area contributed by atoms with Crippen LogP contribution in [0.4, 0.5) is 0 Å². The number of carbonyl (C=O) groups excluding carboxylic acids is 1. The molecule has 8 aliphatic rings. The van der Waals surface area contributed by atoms with Crippen LogP contribution >= 0.6 is 0 Å². The van der Waals surface area contributed by atoms with E-state index >= 15 is 0 Å². The summed E-state index contributed by atoms with van der Waals surface area (Å²) in [5.74, 6) is -1.02. The number of carboxylic acids is 1. The molecular weight excluding hydrogens is 717 g/mol. The molecule has 0 amide bonds. The highest BCUT2D eigenvalue weighted by Crippen LogP contribution is 2.58. The fraction of sp³-hybridized carbons (Fsp3) is 0.739. The average molecular weight is 785 g/mol. The Labute approximate surface area is 339 Å². The van der Waals surface area contributed by atoms with Gasteiger partial charge in [0, 0.05) is 61.4 Å². The summed E-state index contributed by atoms with van der Waals surface area (Å²) in [4.78, 5) is 20.8. The third-order valence-corrected chi connectivity index (χ3v) is 17.0. The molecular formula is C46H68N6O5. The molecule has 1 spiro atoms. The lowest BCUT2D eigenvalue weighted by Crippen LogP contribution is -3.17. The highest BCUT2D eigenvalue weighted by molar-refractivity contribution is 5.66. The molecule has 0 aromatic heterocycles. The van der Waals surface area contributed by atoms with Gasteiger partial charge in [-0.25, -0.2) is 4.99 Å². The third-order valence-electron chi connectivity index (χ3n) is 17.0. The van der Waals surface area contributed by atoms with Crippen molar-refractivity contribution < 1.29 is 30.1 Å². The molecule has 16 atom stereocenters. The molecule has 16 unspecified atom stereocenters. The lowest BCUT2D eigenvalue weighted by molar-refractivity contribution is -0.915. The van der Waals surface area contributed by atoms with Crippen LogP contribution in [-0.4, -0.2) is 112 Å². The number of quaternary nitrogens is 1. The number of nitrogens with one attached hydrogen (secondary N) is 3. The number of allylic oxidation sites excluding steroid dienone is 2. The molecule has 1 aromatic rings. The number of hydrogen-bond acceptors (Lipinski definition) is 10. The van der Waals surface area contributed by atoms with Crippen LogP contribution in [0.2, 0.25) is 0 Å². The average Bonchev–Trinajstić information content (AvgIpc) is 3.85. The second-order valence-corrected chi connectivity index (χ2v) is 20.5. The number of carbonyl (C=O) groups is 1. The Morgan fingerprint density at radius 2 is 1.82 bits per heavy atom. The van der Waals surface area contributed by atoms with Gasteiger partial charge in [0.05, 0.1) is 35.7 Å². The molecule has 1 saturated carbocycles. The smallest absolute Gasteiger partial charge is 0.171 e. The van der Waals surface area contributed by atoms with Gasteiger partial charge >= 0.3 is 0 Å². The van der Waals surface area contributed by atoms with Gasteiger partial charge in [0.15, 0.2) is 6.67 Å². The minimum atomic E-state index is -1.50. The zero-order valence-corrected chi connectivity index (χ0v) is 34.2. The van der Waals surface area contributed by atoms with Crippen molar-refractivity contribution in [2.24, 2.45) is 45.7 Å². The van der Waals surface area contributed by atoms with Crippen LogP contribution in [0.25, 0.3) is 0 Å². The number of aliphatic hydroxyl groups is 3. The lowest BCUT2D eigenvalue weighted by atomic mass is 9.57. The molecule has 1 aromatic carbocycles. The van der Waals surface area contributed by atoms with Gasteiger partial charge in [-0.05, 0) is 112 Å². The first-order valence-electron chi connectivity index (χ1n) is 22.4. The van der Waals surface area contributed by atoms with Gasteiger partial charge in [0.1, 0.15) is 12.6 Å². The first-order valence-corrected chi connectivity index (χ1v) is 22.4. The summed E-state index contributed by atoms with van der Waals surface area (Å²) in [5, 5.41) is 56.9. The second kappa shape index (κ2) is 15.2. The minimum Gasteiger partial charge on any atom is -0.550 e. The number of aliphatic imine (C=N–C) groups is 1. The van der Waals surface area contributed by atoms with E-state index in [-0.39, 0.29) is 66.0 Å². The van der Waals surface area contributed by atoms with Crippen LogP contribution in [0.1, 0.15) is 95.6 Å². The Morgan fingerprint density at radius 1 is 1.04 bits per heavy atom. The maximum atomic E-state index is 13.5. The van der Waals surface area contributed by atoms with E-state index in [0.29, 0.717) is 18.8 Å². The van der Waals surface area contributed by atoms with Gasteiger partial charge in [0.25, 0.3) is 0 Å². The molecule has 8 N–H and O–H groups in total. The van der Waals surface area contributed by atoms with Crippen molar-refractivity contribution in [3.63, 3.8) is 0 Å². The predicted octanol–water partition coefficient (Wildman–Crippen LogP) is 0.857. The number of benzene rings is 1. The van der Waals surface area contributed by atoms with Crippen molar-refractivity contribution in [3.8, 4) is 0 Å². The molecule has 5 heterocycles. The quantitative estimate of drug-likeness (QED) is 0.220. The predicted molar refractivity (Wildman–Crippen MR) is 218 cm³/mol. The van der Waals surface area contributed by atoms with Crippen LogP contribution in [0.15, 0.2) is 53.6 Å². The van der Waals surface area contributed by atoms with Crippen LogP contribution in [0, 0.1) is 35.0 Å². The summed E-state index contributed by atoms with van der Waals surface area (Å²) in [6.07, 6.45) is 20.5. The molecule has 4 fully saturated rings. The van der Waals surface area contributed by atoms with Crippen LogP contribution in [-0.2, 0) is 17.6 Å². The van der Waals surface area contributed by atoms with Gasteiger partial charge in [-0.3, -0.25) is 10.2 Å². The molecule has 11 heteroatoms. The van der Waals surface area contributed by atoms with E-state index in [4.69, 9.17) is 5.73 Å². The first-order chi connectivity index (χ1) is 27.2. The molecule has 3 aliphatic carbocycles. The Morgan fingerprint density at radius 3 is 2.61 bits per heavy atom. The minimum absolute atomic E-state index is 0.00587. The highest BCUT2D eigenvalue weighted by atomic mass is 16.4. The number of carboxylic acid groups (broad SMARTS) is 1. The maximum Gasteiger partial charge on any atom is 0.171 e. The summed E-state index contributed by atoms with van der Waals surface area (Å²) in [6.45, 7) is 6.81. The Bertz CT molecular complexity index is 1750. The number of rotatable bonds is 3. The van der Waals surface area contributed by atoms with Gasteiger partial charge in [0.2, 0.25) is 0 Å². The summed E-state index contributed by atoms with van der Waals surface area (Å²) in [6, 6.07) is 9.47. The monoisotopic (exact) mass is 785 g/mol. The van der Waals surface area contributed by atoms with Crippen molar-refractivity contribution in [1.82, 2.24) is 15.5 Å². The maximum absolute atomic E-state index is 13.5. The summed E-state index contributed by atoms with van der Waals surface area (Å²) in [5.41, 5.74) is 6.31. The molecule has 3 saturated heterocycles. The zero-order valence-electron chi connectivity index (χ0n) is 34.2. The summed E-state index contributed by atoms with van der Waals surface area (Å²) >= 11 is 0. The largest absolute Gasteiger partial charge is 0.550 e. The van der Waals surface area contributed by atoms with Crippen LogP contribution in [0.5, 0.6) is 0 Å². The van der Waals surface area contributed by atoms with Crippen LogP contribution < -0.4 is 26.4 Å². The number of hydrogen-bond donors (Lipinski definition) is 7. The second-order valence-electron chi connectivity index (χ2n) is 20.5. The molecule has 11 nitrogen and oxygen atoms in total. The van der Waals surface area contributed by atoms with E-state index in [2.05, 4.69) is 82.9 Å². The van der Waals surface area contributed by atoms with Crippen molar-refractivity contribution in [1.29, 1.82) is 0 Å². The van der Waals surface area contributed by atoms with E-state index in [1.54, 1.807) is 0 Å². The number of aliphatic carboxylic acids is 1. The fourth-order valence-electron chi connectivity index (χ4n) is 13.9. The molecule has 312 valence electrons. The normalized spacial score (nSPS) is 48.5. The number of piperidine rings is 3. The number of nitrogens with two attached hydrogens (primary N) is 1. The van der Waals surface area contributed by atoms with Crippen molar-refractivity contribution in [3.05, 3.63) is 59.7 Å². The number of nitrogens with zero attached hydrogens (tertiary/aromatic N) is 2. The van der Waals surface area contributed by atoms with E-state index in [0.717, 1.165) is 84.0 Å². The molecule has 0 radical (unpaired) electrons. The fourth-order valence-corrected chi connectivity index (χ4v) is 13.9. The van der Waals surface area contributed by atoms with E-state index in [1.165, 1.54) is 16.0 Å². The van der Waals surface area contributed by atoms with Crippen molar-refractivity contribution in [2.75, 3.05) is 26.3 Å². The van der Waals surface area contributed by atoms with Gasteiger partial charge < -0.3 is 41.2 Å². The van der Waals surface area contributed by atoms with Crippen LogP contribution in [0.3, 0.4) is 0 Å². The van der Waals surface area contributed by atoms with E-state index < -0.39 is 35.2 Å². The van der Waals surface area contributed by atoms with E-state index in [9.17, 15) is 25.2 Å². The standard InChI is InChI=1S/C46H68N6O5/c1-29-40(53)20-38(51-16-15-48-28-51)39-23-46(57)35(26-52(29)39)9-8-32-12-14-44-13-4-7-33(44)10-11-34(21-44)45(56,25-42(54)55)27-49-43(2)22-36(50-41(47)24-43)18-30-5-3-6-31(17-30)19-37(32)46/h3,5-6,8-11,15,17,29,32-41,49-50,53,56-57H,4,7,12-14,16,18-28,47H2,1-2H3,(H,54,55). The highest BCUT2D eigenvalue weighted by Gasteiger charge is 2.59. The molecule has 57 heavy (non-hydrogen) atoms. The van der Waals surface area contributed by atoms with Crippen molar-refractivity contribution >= 4 is 12.2 Å². The summed E-state index contributed by atoms with van der Waals surface area (Å²) in [7, 11) is 0. The number of aliphatic hydroxyl groups excluding tert-OH is 1. The van der Waals surface area contributed by atoms with Gasteiger partial charge in [-0.1, -0.05) is 55.0 Å². The Balaban J connectivity index is 1.10. The Hall–Kier alpha value is -2.48. The van der Waals surface area contributed by atoms with Gasteiger partial charge in [-0.15, -0.1) is 0 Å². The molecule has 5 aliphatic heterocycles. The first kappa shape index (κ1) is 40.0. The molecule has 9 rings (SSSR count). The van der Waals surface area contributed by atoms with Gasteiger partial charge in [-0.2, -0.15) is 0 Å².